The van der Waals surface area contributed by atoms with Gasteiger partial charge in [0.15, 0.2) is 10.5 Å². The lowest BCUT2D eigenvalue weighted by atomic mass is 10.2. The summed E-state index contributed by atoms with van der Waals surface area (Å²) in [5.74, 6) is -1.41. The second-order valence-corrected chi connectivity index (χ2v) is 7.16. The van der Waals surface area contributed by atoms with Crippen LogP contribution in [0.15, 0.2) is 35.5 Å². The third kappa shape index (κ3) is 4.65. The molecule has 0 saturated carbocycles. The average molecular weight is 430 g/mol. The predicted octanol–water partition coefficient (Wildman–Crippen LogP) is 2.40. The van der Waals surface area contributed by atoms with Gasteiger partial charge in [-0.25, -0.2) is 4.79 Å². The summed E-state index contributed by atoms with van der Waals surface area (Å²) in [4.78, 5) is 41.3. The van der Waals surface area contributed by atoms with Crippen LogP contribution in [-0.2, 0) is 27.4 Å². The summed E-state index contributed by atoms with van der Waals surface area (Å²) in [6.07, 6.45) is 1.70. The number of hydrogen-bond donors (Lipinski definition) is 0. The summed E-state index contributed by atoms with van der Waals surface area (Å²) in [6.45, 7) is 6.41. The van der Waals surface area contributed by atoms with Gasteiger partial charge < -0.3 is 14.0 Å². The third-order valence-electron chi connectivity index (χ3n) is 4.17. The highest BCUT2D eigenvalue weighted by Gasteiger charge is 2.16. The minimum Gasteiger partial charge on any atom is -0.465 e. The second kappa shape index (κ2) is 9.49. The first-order valence-corrected chi connectivity index (χ1v) is 10.4. The molecule has 30 heavy (non-hydrogen) atoms. The standard InChI is InChI=1S/C20H22N4O5S/c1-4-23-10-9-14(22-23)18(26)21-20-24(12-17(25)28-5-2)15-8-7-13(11-16(15)30-20)19(27)29-6-3/h7-11H,4-6,12H2,1-3H3. The smallest absolute Gasteiger partial charge is 0.338 e. The number of rotatable bonds is 7. The molecule has 1 aromatic carbocycles. The van der Waals surface area contributed by atoms with Gasteiger partial charge in [0.2, 0.25) is 0 Å². The largest absolute Gasteiger partial charge is 0.465 e. The molecule has 2 heterocycles. The summed E-state index contributed by atoms with van der Waals surface area (Å²) in [6, 6.07) is 6.57. The van der Waals surface area contributed by atoms with Gasteiger partial charge in [0.05, 0.1) is 29.0 Å². The molecule has 0 saturated heterocycles. The van der Waals surface area contributed by atoms with Gasteiger partial charge in [-0.05, 0) is 45.0 Å². The number of aryl methyl sites for hydroxylation is 1. The molecule has 0 spiro atoms. The van der Waals surface area contributed by atoms with Crippen LogP contribution in [0, 0.1) is 0 Å². The van der Waals surface area contributed by atoms with Gasteiger partial charge in [-0.15, -0.1) is 0 Å². The fourth-order valence-electron chi connectivity index (χ4n) is 2.78. The number of carbonyl (C=O) groups excluding carboxylic acids is 3. The van der Waals surface area contributed by atoms with Gasteiger partial charge in [0.1, 0.15) is 6.54 Å². The number of ether oxygens (including phenoxy) is 2. The zero-order valence-corrected chi connectivity index (χ0v) is 17.8. The number of aromatic nitrogens is 3. The minimum absolute atomic E-state index is 0.109. The number of carbonyl (C=O) groups is 3. The van der Waals surface area contributed by atoms with Crippen molar-refractivity contribution < 1.29 is 23.9 Å². The molecule has 0 aliphatic carbocycles. The molecule has 0 radical (unpaired) electrons. The van der Waals surface area contributed by atoms with E-state index in [1.54, 1.807) is 53.6 Å². The van der Waals surface area contributed by atoms with E-state index >= 15 is 0 Å². The molecule has 0 unspecified atom stereocenters. The minimum atomic E-state index is -0.517. The van der Waals surface area contributed by atoms with Gasteiger partial charge in [0.25, 0.3) is 5.91 Å². The van der Waals surface area contributed by atoms with Crippen LogP contribution in [0.3, 0.4) is 0 Å². The van der Waals surface area contributed by atoms with E-state index in [1.807, 2.05) is 6.92 Å². The number of amides is 1. The van der Waals surface area contributed by atoms with Gasteiger partial charge in [0, 0.05) is 12.7 Å². The highest BCUT2D eigenvalue weighted by molar-refractivity contribution is 7.16. The molecule has 0 fully saturated rings. The first kappa shape index (κ1) is 21.4. The van der Waals surface area contributed by atoms with Crippen LogP contribution in [0.4, 0.5) is 0 Å². The topological polar surface area (TPSA) is 105 Å². The Balaban J connectivity index is 2.08. The van der Waals surface area contributed by atoms with Crippen molar-refractivity contribution in [3.05, 3.63) is 46.5 Å². The lowest BCUT2D eigenvalue weighted by molar-refractivity contribution is -0.143. The zero-order valence-electron chi connectivity index (χ0n) is 17.0. The van der Waals surface area contributed by atoms with Crippen LogP contribution in [0.25, 0.3) is 10.2 Å². The summed E-state index contributed by atoms with van der Waals surface area (Å²) in [5, 5.41) is 4.17. The Kier molecular flexibility index (Phi) is 6.78. The van der Waals surface area contributed by atoms with Crippen LogP contribution in [0.5, 0.6) is 0 Å². The molecule has 0 N–H and O–H groups in total. The normalized spacial score (nSPS) is 11.6. The summed E-state index contributed by atoms with van der Waals surface area (Å²) < 4.78 is 14.0. The number of fused-ring (bicyclic) bond motifs is 1. The number of hydrogen-bond acceptors (Lipinski definition) is 7. The molecular formula is C20H22N4O5S. The van der Waals surface area contributed by atoms with Crippen molar-refractivity contribution in [2.24, 2.45) is 4.99 Å². The van der Waals surface area contributed by atoms with Gasteiger partial charge in [-0.3, -0.25) is 14.3 Å². The van der Waals surface area contributed by atoms with E-state index in [9.17, 15) is 14.4 Å². The lowest BCUT2D eigenvalue weighted by Gasteiger charge is -2.06. The summed E-state index contributed by atoms with van der Waals surface area (Å²) >= 11 is 1.19. The summed E-state index contributed by atoms with van der Waals surface area (Å²) in [7, 11) is 0. The fourth-order valence-corrected chi connectivity index (χ4v) is 3.85. The Bertz CT molecular complexity index is 1160. The molecular weight excluding hydrogens is 408 g/mol. The Labute approximate surface area is 176 Å². The van der Waals surface area contributed by atoms with E-state index in [2.05, 4.69) is 10.1 Å². The highest BCUT2D eigenvalue weighted by Crippen LogP contribution is 2.20. The second-order valence-electron chi connectivity index (χ2n) is 6.15. The van der Waals surface area contributed by atoms with Crippen LogP contribution >= 0.6 is 11.3 Å². The Hall–Kier alpha value is -3.27. The van der Waals surface area contributed by atoms with E-state index in [1.165, 1.54) is 11.3 Å². The molecule has 1 amide bonds. The van der Waals surface area contributed by atoms with Crippen LogP contribution in [0.1, 0.15) is 41.6 Å². The monoisotopic (exact) mass is 430 g/mol. The van der Waals surface area contributed by atoms with E-state index < -0.39 is 17.8 Å². The van der Waals surface area contributed by atoms with Crippen molar-refractivity contribution in [2.45, 2.75) is 33.9 Å². The van der Waals surface area contributed by atoms with Gasteiger partial charge in [-0.2, -0.15) is 10.1 Å². The third-order valence-corrected chi connectivity index (χ3v) is 5.21. The van der Waals surface area contributed by atoms with Crippen LogP contribution in [0.2, 0.25) is 0 Å². The van der Waals surface area contributed by atoms with Crippen molar-refractivity contribution in [3.8, 4) is 0 Å². The fraction of sp³-hybridized carbons (Fsp3) is 0.350. The van der Waals surface area contributed by atoms with E-state index in [4.69, 9.17) is 9.47 Å². The summed E-state index contributed by atoms with van der Waals surface area (Å²) in [5.41, 5.74) is 1.25. The van der Waals surface area contributed by atoms with E-state index in [0.717, 1.165) is 0 Å². The average Bonchev–Trinajstić information content (AvgIpc) is 3.33. The van der Waals surface area contributed by atoms with Gasteiger partial charge >= 0.3 is 11.9 Å². The molecule has 158 valence electrons. The van der Waals surface area contributed by atoms with Crippen molar-refractivity contribution in [1.82, 2.24) is 14.3 Å². The van der Waals surface area contributed by atoms with Crippen molar-refractivity contribution in [1.29, 1.82) is 0 Å². The molecule has 9 nitrogen and oxygen atoms in total. The molecule has 10 heteroatoms. The maximum Gasteiger partial charge on any atom is 0.338 e. The number of esters is 2. The van der Waals surface area contributed by atoms with Crippen molar-refractivity contribution in [3.63, 3.8) is 0 Å². The Morgan fingerprint density at radius 3 is 2.53 bits per heavy atom. The first-order valence-electron chi connectivity index (χ1n) is 9.55. The molecule has 3 rings (SSSR count). The highest BCUT2D eigenvalue weighted by atomic mass is 32.1. The zero-order chi connectivity index (χ0) is 21.7. The Morgan fingerprint density at radius 2 is 1.87 bits per heavy atom. The lowest BCUT2D eigenvalue weighted by Crippen LogP contribution is -2.23. The maximum absolute atomic E-state index is 12.6. The van der Waals surface area contributed by atoms with E-state index in [-0.39, 0.29) is 25.5 Å². The molecule has 0 aliphatic rings. The maximum atomic E-state index is 12.6. The molecule has 3 aromatic rings. The van der Waals surface area contributed by atoms with E-state index in [0.29, 0.717) is 27.1 Å². The van der Waals surface area contributed by atoms with Crippen molar-refractivity contribution in [2.75, 3.05) is 13.2 Å². The molecule has 0 bridgehead atoms. The quantitative estimate of drug-likeness (QED) is 0.533. The number of thiazole rings is 1. The number of benzene rings is 1. The van der Waals surface area contributed by atoms with Crippen molar-refractivity contribution >= 4 is 39.4 Å². The van der Waals surface area contributed by atoms with Crippen LogP contribution in [-0.4, -0.2) is 45.4 Å². The van der Waals surface area contributed by atoms with Crippen LogP contribution < -0.4 is 4.80 Å². The van der Waals surface area contributed by atoms with Gasteiger partial charge in [-0.1, -0.05) is 11.3 Å². The predicted molar refractivity (Wildman–Crippen MR) is 110 cm³/mol. The molecule has 0 aliphatic heterocycles. The SMILES string of the molecule is CCOC(=O)Cn1c(=NC(=O)c2ccn(CC)n2)sc2cc(C(=O)OCC)ccc21. The molecule has 0 atom stereocenters. The first-order chi connectivity index (χ1) is 14.5. The number of nitrogens with zero attached hydrogens (tertiary/aromatic N) is 4. The molecule has 2 aromatic heterocycles. The Morgan fingerprint density at radius 1 is 1.10 bits per heavy atom.